The number of fused-ring (bicyclic) bond motifs is 1. The predicted molar refractivity (Wildman–Crippen MR) is 114 cm³/mol. The molecule has 0 saturated carbocycles. The molecule has 2 aliphatic rings. The highest BCUT2D eigenvalue weighted by atomic mass is 35.5. The van der Waals surface area contributed by atoms with E-state index in [2.05, 4.69) is 20.9 Å². The van der Waals surface area contributed by atoms with Crippen LogP contribution in [0.15, 0.2) is 58.4 Å². The van der Waals surface area contributed by atoms with Crippen molar-refractivity contribution in [2.75, 3.05) is 17.7 Å². The lowest BCUT2D eigenvalue weighted by molar-refractivity contribution is -0.116. The van der Waals surface area contributed by atoms with Crippen molar-refractivity contribution in [3.05, 3.63) is 69.9 Å². The molecule has 1 aromatic heterocycles. The van der Waals surface area contributed by atoms with Gasteiger partial charge in [-0.1, -0.05) is 29.8 Å². The third-order valence-electron chi connectivity index (χ3n) is 5.71. The molecule has 0 amide bonds. The molecule has 3 aromatic rings. The standard InChI is InChI=1S/C22H19ClN4O4/c1-30-18-10-12(4-7-16(18)28)20-19-15(24-21-22(25-20)27-31-26-21)8-13(9-17(19)29)11-2-5-14(23)6-3-11/h2-7,10,13,20,28H,8-9H2,1H3,(H,24,26)(H,25,27)/t13-,20+/m0/s1. The number of benzene rings is 2. The Morgan fingerprint density at radius 2 is 1.84 bits per heavy atom. The number of rotatable bonds is 3. The summed E-state index contributed by atoms with van der Waals surface area (Å²) in [6.45, 7) is 0. The van der Waals surface area contributed by atoms with E-state index in [1.807, 2.05) is 24.3 Å². The molecule has 0 unspecified atom stereocenters. The van der Waals surface area contributed by atoms with Crippen molar-refractivity contribution in [2.24, 2.45) is 0 Å². The molecular weight excluding hydrogens is 420 g/mol. The van der Waals surface area contributed by atoms with Gasteiger partial charge in [0.15, 0.2) is 17.3 Å². The number of methoxy groups -OCH3 is 1. The number of aromatic nitrogens is 2. The normalized spacial score (nSPS) is 20.3. The van der Waals surface area contributed by atoms with E-state index in [-0.39, 0.29) is 17.5 Å². The summed E-state index contributed by atoms with van der Waals surface area (Å²) in [6, 6.07) is 12.0. The number of anilines is 2. The number of halogens is 1. The first kappa shape index (κ1) is 19.4. The summed E-state index contributed by atoms with van der Waals surface area (Å²) in [4.78, 5) is 13.4. The van der Waals surface area contributed by atoms with Gasteiger partial charge < -0.3 is 20.5 Å². The van der Waals surface area contributed by atoms with Gasteiger partial charge in [-0.15, -0.1) is 0 Å². The highest BCUT2D eigenvalue weighted by Gasteiger charge is 2.37. The fourth-order valence-electron chi connectivity index (χ4n) is 4.20. The zero-order chi connectivity index (χ0) is 21.5. The summed E-state index contributed by atoms with van der Waals surface area (Å²) < 4.78 is 10.1. The van der Waals surface area contributed by atoms with Crippen molar-refractivity contribution in [3.8, 4) is 11.5 Å². The predicted octanol–water partition coefficient (Wildman–Crippen LogP) is 4.42. The maximum Gasteiger partial charge on any atom is 0.219 e. The average molecular weight is 439 g/mol. The van der Waals surface area contributed by atoms with Gasteiger partial charge in [0.05, 0.1) is 13.2 Å². The van der Waals surface area contributed by atoms with Gasteiger partial charge in [0, 0.05) is 22.7 Å². The topological polar surface area (TPSA) is 110 Å². The van der Waals surface area contributed by atoms with Gasteiger partial charge >= 0.3 is 0 Å². The van der Waals surface area contributed by atoms with E-state index in [0.29, 0.717) is 40.8 Å². The van der Waals surface area contributed by atoms with Crippen LogP contribution >= 0.6 is 11.6 Å². The van der Waals surface area contributed by atoms with Gasteiger partial charge in [-0.25, -0.2) is 4.63 Å². The summed E-state index contributed by atoms with van der Waals surface area (Å²) in [7, 11) is 1.48. The summed E-state index contributed by atoms with van der Waals surface area (Å²) >= 11 is 6.03. The number of ketones is 1. The van der Waals surface area contributed by atoms with Crippen LogP contribution in [0.3, 0.4) is 0 Å². The van der Waals surface area contributed by atoms with E-state index in [4.69, 9.17) is 21.0 Å². The third-order valence-corrected chi connectivity index (χ3v) is 5.97. The maximum atomic E-state index is 13.4. The molecule has 5 rings (SSSR count). The van der Waals surface area contributed by atoms with Gasteiger partial charge in [0.25, 0.3) is 0 Å². The smallest absolute Gasteiger partial charge is 0.219 e. The summed E-state index contributed by atoms with van der Waals surface area (Å²) in [5, 5.41) is 25.0. The number of aromatic hydroxyl groups is 1. The third kappa shape index (κ3) is 3.48. The highest BCUT2D eigenvalue weighted by Crippen LogP contribution is 2.44. The van der Waals surface area contributed by atoms with E-state index in [0.717, 1.165) is 16.8 Å². The minimum atomic E-state index is -0.510. The molecule has 8 nitrogen and oxygen atoms in total. The first-order valence-corrected chi connectivity index (χ1v) is 10.2. The van der Waals surface area contributed by atoms with Crippen LogP contribution in [0.25, 0.3) is 0 Å². The molecule has 9 heteroatoms. The number of ether oxygens (including phenoxy) is 1. The van der Waals surface area contributed by atoms with Gasteiger partial charge in [0.2, 0.25) is 11.6 Å². The Morgan fingerprint density at radius 3 is 2.61 bits per heavy atom. The number of carbonyl (C=O) groups excluding carboxylic acids is 1. The lowest BCUT2D eigenvalue weighted by Crippen LogP contribution is -2.27. The number of Topliss-reactive ketones (excluding diaryl/α,β-unsaturated/α-hetero) is 1. The zero-order valence-corrected chi connectivity index (χ0v) is 17.3. The van der Waals surface area contributed by atoms with Crippen molar-refractivity contribution < 1.29 is 19.3 Å². The Balaban J connectivity index is 1.59. The van der Waals surface area contributed by atoms with Crippen LogP contribution in [-0.4, -0.2) is 28.3 Å². The van der Waals surface area contributed by atoms with E-state index >= 15 is 0 Å². The molecule has 31 heavy (non-hydrogen) atoms. The average Bonchev–Trinajstić information content (AvgIpc) is 3.13. The molecule has 0 saturated heterocycles. The first-order valence-electron chi connectivity index (χ1n) is 9.78. The highest BCUT2D eigenvalue weighted by molar-refractivity contribution is 6.30. The molecule has 0 radical (unpaired) electrons. The molecule has 0 fully saturated rings. The van der Waals surface area contributed by atoms with Gasteiger partial charge in [-0.3, -0.25) is 4.79 Å². The van der Waals surface area contributed by atoms with Crippen LogP contribution in [0.4, 0.5) is 11.6 Å². The summed E-state index contributed by atoms with van der Waals surface area (Å²) in [6.07, 6.45) is 0.980. The van der Waals surface area contributed by atoms with Crippen molar-refractivity contribution in [1.82, 2.24) is 10.3 Å². The molecule has 1 aliphatic carbocycles. The number of carbonyl (C=O) groups is 1. The Hall–Kier alpha value is -3.52. The molecule has 0 bridgehead atoms. The second-order valence-corrected chi connectivity index (χ2v) is 8.00. The molecule has 158 valence electrons. The number of nitrogens with zero attached hydrogens (tertiary/aromatic N) is 2. The van der Waals surface area contributed by atoms with Crippen molar-refractivity contribution in [2.45, 2.75) is 24.8 Å². The Kier molecular flexibility index (Phi) is 4.78. The molecule has 2 heterocycles. The fourth-order valence-corrected chi connectivity index (χ4v) is 4.32. The van der Waals surface area contributed by atoms with Gasteiger partial charge in [-0.05, 0) is 58.0 Å². The lowest BCUT2D eigenvalue weighted by Gasteiger charge is -2.29. The fraction of sp³-hybridized carbons (Fsp3) is 0.227. The number of allylic oxidation sites excluding steroid dienone is 1. The summed E-state index contributed by atoms with van der Waals surface area (Å²) in [5.41, 5.74) is 3.16. The van der Waals surface area contributed by atoms with E-state index in [1.165, 1.54) is 7.11 Å². The lowest BCUT2D eigenvalue weighted by atomic mass is 9.78. The molecule has 2 atom stereocenters. The van der Waals surface area contributed by atoms with Crippen molar-refractivity contribution >= 4 is 29.0 Å². The van der Waals surface area contributed by atoms with Crippen molar-refractivity contribution in [1.29, 1.82) is 0 Å². The Morgan fingerprint density at radius 1 is 1.10 bits per heavy atom. The first-order chi connectivity index (χ1) is 15.0. The van der Waals surface area contributed by atoms with Crippen LogP contribution in [0, 0.1) is 0 Å². The Labute approximate surface area is 182 Å². The molecular formula is C22H19ClN4O4. The molecule has 1 aliphatic heterocycles. The number of phenolic OH excluding ortho intramolecular Hbond substituents is 1. The number of phenols is 1. The van der Waals surface area contributed by atoms with Crippen LogP contribution < -0.4 is 15.4 Å². The second-order valence-electron chi connectivity index (χ2n) is 7.57. The summed E-state index contributed by atoms with van der Waals surface area (Å²) in [5.74, 6) is 1.19. The minimum Gasteiger partial charge on any atom is -0.504 e. The van der Waals surface area contributed by atoms with Crippen LogP contribution in [0.1, 0.15) is 35.9 Å². The zero-order valence-electron chi connectivity index (χ0n) is 16.6. The van der Waals surface area contributed by atoms with E-state index in [9.17, 15) is 9.90 Å². The molecule has 0 spiro atoms. The molecule has 2 aromatic carbocycles. The van der Waals surface area contributed by atoms with Crippen LogP contribution in [0.2, 0.25) is 5.02 Å². The minimum absolute atomic E-state index is 0.00688. The van der Waals surface area contributed by atoms with Gasteiger partial charge in [0.1, 0.15) is 0 Å². The number of hydrogen-bond donors (Lipinski definition) is 3. The van der Waals surface area contributed by atoms with Crippen molar-refractivity contribution in [3.63, 3.8) is 0 Å². The number of nitrogens with one attached hydrogen (secondary N) is 2. The SMILES string of the molecule is COc1cc([C@H]2Nc3nonc3NC3=C2C(=O)C[C@@H](c2ccc(Cl)cc2)C3)ccc1O. The molecule has 3 N–H and O–H groups in total. The number of hydrogen-bond acceptors (Lipinski definition) is 8. The van der Waals surface area contributed by atoms with Crippen LogP contribution in [-0.2, 0) is 4.79 Å². The Bertz CT molecular complexity index is 1190. The quantitative estimate of drug-likeness (QED) is 0.551. The van der Waals surface area contributed by atoms with Crippen LogP contribution in [0.5, 0.6) is 11.5 Å². The largest absolute Gasteiger partial charge is 0.504 e. The monoisotopic (exact) mass is 438 g/mol. The van der Waals surface area contributed by atoms with E-state index < -0.39 is 6.04 Å². The van der Waals surface area contributed by atoms with Gasteiger partial charge in [-0.2, -0.15) is 0 Å². The van der Waals surface area contributed by atoms with E-state index in [1.54, 1.807) is 18.2 Å². The maximum absolute atomic E-state index is 13.4. The second kappa shape index (κ2) is 7.63.